The summed E-state index contributed by atoms with van der Waals surface area (Å²) >= 11 is 0. The summed E-state index contributed by atoms with van der Waals surface area (Å²) in [6.07, 6.45) is 0. The van der Waals surface area contributed by atoms with E-state index in [0.29, 0.717) is 32.0 Å². The Balaban J connectivity index is 2.00. The fraction of sp³-hybridized carbons (Fsp3) is 0.350. The number of anilines is 2. The molecular weight excluding hydrogens is 382 g/mol. The lowest BCUT2D eigenvalue weighted by Gasteiger charge is -2.29. The quantitative estimate of drug-likeness (QED) is 0.767. The highest BCUT2D eigenvalue weighted by atomic mass is 19.1. The highest BCUT2D eigenvalue weighted by Gasteiger charge is 2.27. The molecule has 2 N–H and O–H groups in total. The Morgan fingerprint density at radius 2 is 2.00 bits per heavy atom. The van der Waals surface area contributed by atoms with Gasteiger partial charge in [0.2, 0.25) is 0 Å². The van der Waals surface area contributed by atoms with Crippen molar-refractivity contribution in [3.63, 3.8) is 0 Å². The van der Waals surface area contributed by atoms with Gasteiger partial charge in [0.25, 0.3) is 0 Å². The topological polar surface area (TPSA) is 101 Å². The molecule has 0 saturated carbocycles. The van der Waals surface area contributed by atoms with Crippen LogP contribution in [0.1, 0.15) is 18.5 Å². The second-order valence-corrected chi connectivity index (χ2v) is 6.37. The maximum Gasteiger partial charge on any atom is 0.329 e. The van der Waals surface area contributed by atoms with Crippen molar-refractivity contribution >= 4 is 17.3 Å². The number of ether oxygens (including phenoxy) is 2. The molecule has 1 aliphatic heterocycles. The predicted octanol–water partition coefficient (Wildman–Crippen LogP) is 2.62. The van der Waals surface area contributed by atoms with Gasteiger partial charge in [-0.3, -0.25) is 4.79 Å². The minimum atomic E-state index is -1.39. The lowest BCUT2D eigenvalue weighted by atomic mass is 10.0. The minimum absolute atomic E-state index is 0.0547. The molecule has 9 heteroatoms. The zero-order valence-electron chi connectivity index (χ0n) is 15.8. The van der Waals surface area contributed by atoms with E-state index < -0.39 is 23.5 Å². The number of benzene rings is 1. The van der Waals surface area contributed by atoms with E-state index in [1.54, 1.807) is 13.0 Å². The van der Waals surface area contributed by atoms with Crippen molar-refractivity contribution in [2.45, 2.75) is 12.8 Å². The number of esters is 1. The van der Waals surface area contributed by atoms with Gasteiger partial charge in [-0.05, 0) is 31.2 Å². The molecule has 152 valence electrons. The van der Waals surface area contributed by atoms with Crippen LogP contribution in [0.5, 0.6) is 0 Å². The first-order valence-corrected chi connectivity index (χ1v) is 9.11. The Morgan fingerprint density at radius 1 is 1.34 bits per heavy atom. The summed E-state index contributed by atoms with van der Waals surface area (Å²) in [6.45, 7) is 3.70. The van der Waals surface area contributed by atoms with Gasteiger partial charge in [0.05, 0.1) is 48.5 Å². The zero-order chi connectivity index (χ0) is 21.0. The van der Waals surface area contributed by atoms with Gasteiger partial charge >= 0.3 is 5.97 Å². The Kier molecular flexibility index (Phi) is 6.24. The van der Waals surface area contributed by atoms with Gasteiger partial charge in [0.1, 0.15) is 11.6 Å². The van der Waals surface area contributed by atoms with Crippen LogP contribution in [0.15, 0.2) is 24.3 Å². The van der Waals surface area contributed by atoms with Gasteiger partial charge in [-0.15, -0.1) is 0 Å². The molecule has 1 aliphatic rings. The molecule has 1 unspecified atom stereocenters. The number of hydrogen-bond donors (Lipinski definition) is 1. The first kappa shape index (κ1) is 20.5. The Morgan fingerprint density at radius 3 is 2.59 bits per heavy atom. The van der Waals surface area contributed by atoms with Crippen LogP contribution in [0.25, 0.3) is 11.3 Å². The molecule has 0 aliphatic carbocycles. The van der Waals surface area contributed by atoms with Crippen LogP contribution in [0.2, 0.25) is 0 Å². The molecule has 2 aromatic rings. The molecule has 1 aromatic heterocycles. The molecule has 7 nitrogen and oxygen atoms in total. The minimum Gasteiger partial charge on any atom is -0.465 e. The van der Waals surface area contributed by atoms with Gasteiger partial charge in [0.15, 0.2) is 5.92 Å². The van der Waals surface area contributed by atoms with E-state index in [4.69, 9.17) is 15.2 Å². The van der Waals surface area contributed by atoms with Gasteiger partial charge in [-0.1, -0.05) is 0 Å². The molecule has 1 saturated heterocycles. The third kappa shape index (κ3) is 4.27. The summed E-state index contributed by atoms with van der Waals surface area (Å²) in [5.41, 5.74) is 5.79. The van der Waals surface area contributed by atoms with Crippen molar-refractivity contribution in [3.8, 4) is 17.3 Å². The zero-order valence-corrected chi connectivity index (χ0v) is 15.8. The average molecular weight is 402 g/mol. The molecule has 2 heterocycles. The van der Waals surface area contributed by atoms with E-state index in [1.165, 1.54) is 24.3 Å². The number of nitrogens with zero attached hydrogens (tertiary/aromatic N) is 3. The molecule has 0 bridgehead atoms. The van der Waals surface area contributed by atoms with Gasteiger partial charge in [0, 0.05) is 18.8 Å². The number of rotatable bonds is 5. The number of nitrogens with two attached hydrogens (primary N) is 1. The number of nitriles is 1. The van der Waals surface area contributed by atoms with Crippen LogP contribution < -0.4 is 10.6 Å². The summed E-state index contributed by atoms with van der Waals surface area (Å²) in [7, 11) is 0. The van der Waals surface area contributed by atoms with E-state index in [9.17, 15) is 18.8 Å². The third-order valence-corrected chi connectivity index (χ3v) is 4.54. The number of aromatic nitrogens is 1. The standard InChI is InChI=1S/C20H20F2N4O3/c1-2-29-20(27)13(11-23)19-16(24)3-4-17(25-19)18-14(21)9-12(10-15(18)22)26-5-7-28-8-6-26/h3-4,9-10,13H,2,5-8,24H2,1H3. The van der Waals surface area contributed by atoms with Crippen LogP contribution in [0.4, 0.5) is 20.2 Å². The number of nitrogen functional groups attached to an aromatic ring is 1. The predicted molar refractivity (Wildman–Crippen MR) is 102 cm³/mol. The molecule has 29 heavy (non-hydrogen) atoms. The first-order valence-electron chi connectivity index (χ1n) is 9.11. The van der Waals surface area contributed by atoms with Crippen molar-refractivity contribution in [2.75, 3.05) is 43.5 Å². The van der Waals surface area contributed by atoms with Crippen molar-refractivity contribution in [1.82, 2.24) is 4.98 Å². The second-order valence-electron chi connectivity index (χ2n) is 6.37. The van der Waals surface area contributed by atoms with Gasteiger partial charge < -0.3 is 20.1 Å². The SMILES string of the molecule is CCOC(=O)C(C#N)c1nc(-c2c(F)cc(N3CCOCC3)cc2F)ccc1N. The van der Waals surface area contributed by atoms with E-state index in [0.717, 1.165) is 0 Å². The number of carbonyl (C=O) groups excluding carboxylic acids is 1. The molecule has 0 spiro atoms. The summed E-state index contributed by atoms with van der Waals surface area (Å²) in [4.78, 5) is 18.0. The summed E-state index contributed by atoms with van der Waals surface area (Å²) in [6, 6.07) is 6.94. The Labute approximate surface area is 166 Å². The van der Waals surface area contributed by atoms with Crippen LogP contribution >= 0.6 is 0 Å². The lowest BCUT2D eigenvalue weighted by Crippen LogP contribution is -2.36. The largest absolute Gasteiger partial charge is 0.465 e. The smallest absolute Gasteiger partial charge is 0.329 e. The molecule has 0 amide bonds. The molecule has 0 radical (unpaired) electrons. The van der Waals surface area contributed by atoms with Crippen LogP contribution in [-0.4, -0.2) is 43.9 Å². The molecule has 1 aromatic carbocycles. The number of hydrogen-bond acceptors (Lipinski definition) is 7. The maximum absolute atomic E-state index is 14.8. The maximum atomic E-state index is 14.8. The molecule has 3 rings (SSSR count). The highest BCUT2D eigenvalue weighted by molar-refractivity contribution is 5.83. The number of carbonyl (C=O) groups is 1. The summed E-state index contributed by atoms with van der Waals surface area (Å²) in [5.74, 6) is -3.83. The average Bonchev–Trinajstić information content (AvgIpc) is 2.71. The molecular formula is C20H20F2N4O3. The van der Waals surface area contributed by atoms with E-state index in [2.05, 4.69) is 4.98 Å². The van der Waals surface area contributed by atoms with Gasteiger partial charge in [-0.2, -0.15) is 5.26 Å². The second kappa shape index (κ2) is 8.84. The van der Waals surface area contributed by atoms with Crippen molar-refractivity contribution < 1.29 is 23.0 Å². The monoisotopic (exact) mass is 402 g/mol. The van der Waals surface area contributed by atoms with Crippen LogP contribution in [0, 0.1) is 23.0 Å². The van der Waals surface area contributed by atoms with Crippen molar-refractivity contribution in [3.05, 3.63) is 41.6 Å². The summed E-state index contributed by atoms with van der Waals surface area (Å²) in [5, 5.41) is 9.34. The lowest BCUT2D eigenvalue weighted by molar-refractivity contribution is -0.143. The normalized spacial score (nSPS) is 14.9. The Bertz CT molecular complexity index is 932. The Hall–Kier alpha value is -3.25. The van der Waals surface area contributed by atoms with Gasteiger partial charge in [-0.25, -0.2) is 13.8 Å². The van der Waals surface area contributed by atoms with E-state index >= 15 is 0 Å². The molecule has 1 atom stereocenters. The number of halogens is 2. The van der Waals surface area contributed by atoms with Crippen molar-refractivity contribution in [2.24, 2.45) is 0 Å². The number of pyridine rings is 1. The van der Waals surface area contributed by atoms with Crippen molar-refractivity contribution in [1.29, 1.82) is 5.26 Å². The fourth-order valence-electron chi connectivity index (χ4n) is 3.12. The fourth-order valence-corrected chi connectivity index (χ4v) is 3.12. The third-order valence-electron chi connectivity index (χ3n) is 4.54. The van der Waals surface area contributed by atoms with E-state index in [-0.39, 0.29) is 29.2 Å². The molecule has 1 fully saturated rings. The van der Waals surface area contributed by atoms with Crippen LogP contribution in [0.3, 0.4) is 0 Å². The van der Waals surface area contributed by atoms with Crippen LogP contribution in [-0.2, 0) is 14.3 Å². The summed E-state index contributed by atoms with van der Waals surface area (Å²) < 4.78 is 39.8. The highest BCUT2D eigenvalue weighted by Crippen LogP contribution is 2.32. The van der Waals surface area contributed by atoms with E-state index in [1.807, 2.05) is 4.90 Å². The first-order chi connectivity index (χ1) is 14.0. The number of morpholine rings is 1.